The molecule has 1 aromatic carbocycles. The molecule has 0 N–H and O–H groups in total. The van der Waals surface area contributed by atoms with Gasteiger partial charge in [-0.05, 0) is 37.0 Å². The average molecular weight is 271 g/mol. The molecule has 76 valence electrons. The van der Waals surface area contributed by atoms with Gasteiger partial charge in [0.25, 0.3) is 0 Å². The van der Waals surface area contributed by atoms with Crippen LogP contribution in [0.4, 0.5) is 0 Å². The fraction of sp³-hybridized carbons (Fsp3) is 0.455. The minimum Gasteiger partial charge on any atom is -0.375 e. The highest BCUT2D eigenvalue weighted by atomic mass is 79.9. The van der Waals surface area contributed by atoms with Crippen LogP contribution in [-0.2, 0) is 9.96 Å². The predicted molar refractivity (Wildman–Crippen MR) is 65.6 cm³/mol. The first-order valence-electron chi connectivity index (χ1n) is 5.11. The van der Waals surface area contributed by atoms with E-state index in [1.807, 2.05) is 0 Å². The monoisotopic (exact) mass is 270 g/mol. The molecule has 0 spiro atoms. The van der Waals surface area contributed by atoms with Gasteiger partial charge in [-0.25, -0.2) is 0 Å². The van der Waals surface area contributed by atoms with Crippen LogP contribution in [-0.4, -0.2) is 16.8 Å². The fourth-order valence-corrected chi connectivity index (χ4v) is 3.12. The van der Waals surface area contributed by atoms with E-state index in [-0.39, 0.29) is 5.22 Å². The van der Waals surface area contributed by atoms with Crippen molar-refractivity contribution in [2.24, 2.45) is 0 Å². The van der Waals surface area contributed by atoms with Crippen LogP contribution in [0.25, 0.3) is 0 Å². The standard InChI is InChI=1S/C11H15BrOSi/c12-10-5-3-9(4-6-10)11(14)7-1-2-8-13-11/h3-6H,1-2,7-8H2,14H3. The molecule has 1 aliphatic heterocycles. The molecule has 3 heteroatoms. The Balaban J connectivity index is 2.23. The summed E-state index contributed by atoms with van der Waals surface area (Å²) in [5, 5.41) is 0.0823. The van der Waals surface area contributed by atoms with Gasteiger partial charge < -0.3 is 4.74 Å². The van der Waals surface area contributed by atoms with E-state index in [4.69, 9.17) is 4.74 Å². The summed E-state index contributed by atoms with van der Waals surface area (Å²) in [6.45, 7) is 0.930. The van der Waals surface area contributed by atoms with Gasteiger partial charge in [0.15, 0.2) is 0 Å². The van der Waals surface area contributed by atoms with Crippen LogP contribution >= 0.6 is 15.9 Å². The molecule has 0 saturated carbocycles. The maximum absolute atomic E-state index is 5.94. The third kappa shape index (κ3) is 2.10. The van der Waals surface area contributed by atoms with E-state index >= 15 is 0 Å². The molecular weight excluding hydrogens is 256 g/mol. The molecule has 14 heavy (non-hydrogen) atoms. The molecule has 1 saturated heterocycles. The van der Waals surface area contributed by atoms with Crippen molar-refractivity contribution < 1.29 is 4.74 Å². The van der Waals surface area contributed by atoms with Gasteiger partial charge in [-0.1, -0.05) is 28.1 Å². The number of hydrogen-bond acceptors (Lipinski definition) is 1. The molecule has 1 atom stereocenters. The van der Waals surface area contributed by atoms with Gasteiger partial charge in [-0.15, -0.1) is 0 Å². The number of hydrogen-bond donors (Lipinski definition) is 0. The molecule has 0 bridgehead atoms. The maximum atomic E-state index is 5.94. The minimum atomic E-state index is 0.0823. The molecule has 1 nitrogen and oxygen atoms in total. The number of benzene rings is 1. The van der Waals surface area contributed by atoms with Crippen molar-refractivity contribution in [3.8, 4) is 0 Å². The van der Waals surface area contributed by atoms with Crippen LogP contribution in [0.2, 0.25) is 0 Å². The Morgan fingerprint density at radius 1 is 1.21 bits per heavy atom. The Labute approximate surface area is 96.4 Å². The Morgan fingerprint density at radius 2 is 1.93 bits per heavy atom. The van der Waals surface area contributed by atoms with Gasteiger partial charge in [0.1, 0.15) is 0 Å². The highest BCUT2D eigenvalue weighted by Crippen LogP contribution is 2.32. The van der Waals surface area contributed by atoms with Crippen molar-refractivity contribution >= 4 is 26.2 Å². The van der Waals surface area contributed by atoms with Crippen molar-refractivity contribution in [1.29, 1.82) is 0 Å². The van der Waals surface area contributed by atoms with Crippen LogP contribution in [0.1, 0.15) is 24.8 Å². The van der Waals surface area contributed by atoms with Crippen molar-refractivity contribution in [2.45, 2.75) is 24.5 Å². The first kappa shape index (κ1) is 10.4. The topological polar surface area (TPSA) is 9.23 Å². The number of ether oxygens (including phenoxy) is 1. The van der Waals surface area contributed by atoms with Gasteiger partial charge in [-0.3, -0.25) is 0 Å². The quantitative estimate of drug-likeness (QED) is 0.711. The Morgan fingerprint density at radius 3 is 2.50 bits per heavy atom. The molecule has 0 radical (unpaired) electrons. The van der Waals surface area contributed by atoms with E-state index in [1.165, 1.54) is 24.8 Å². The summed E-state index contributed by atoms with van der Waals surface area (Å²) in [6, 6.07) is 8.57. The number of halogens is 1. The first-order valence-corrected chi connectivity index (χ1v) is 6.90. The zero-order valence-electron chi connectivity index (χ0n) is 8.42. The molecule has 1 unspecified atom stereocenters. The van der Waals surface area contributed by atoms with Crippen LogP contribution in [0, 0.1) is 0 Å². The Kier molecular flexibility index (Phi) is 3.09. The SMILES string of the molecule is [SiH3]C1(c2ccc(Br)cc2)CCCCO1. The van der Waals surface area contributed by atoms with E-state index in [0.29, 0.717) is 0 Å². The lowest BCUT2D eigenvalue weighted by atomic mass is 10.0. The summed E-state index contributed by atoms with van der Waals surface area (Å²) >= 11 is 3.46. The van der Waals surface area contributed by atoms with Crippen LogP contribution in [0.5, 0.6) is 0 Å². The Hall–Kier alpha value is -0.123. The summed E-state index contributed by atoms with van der Waals surface area (Å²) in [7, 11) is 1.08. The summed E-state index contributed by atoms with van der Waals surface area (Å²) < 4.78 is 7.08. The molecule has 0 aromatic heterocycles. The van der Waals surface area contributed by atoms with Gasteiger partial charge in [-0.2, -0.15) is 0 Å². The van der Waals surface area contributed by atoms with E-state index in [2.05, 4.69) is 40.2 Å². The predicted octanol–water partition coefficient (Wildman–Crippen LogP) is 2.17. The van der Waals surface area contributed by atoms with Crippen molar-refractivity contribution in [2.75, 3.05) is 6.61 Å². The largest absolute Gasteiger partial charge is 0.375 e. The summed E-state index contributed by atoms with van der Waals surface area (Å²) in [6.07, 6.45) is 3.72. The lowest BCUT2D eigenvalue weighted by molar-refractivity contribution is -0.0210. The highest BCUT2D eigenvalue weighted by molar-refractivity contribution is 9.10. The van der Waals surface area contributed by atoms with E-state index in [9.17, 15) is 0 Å². The molecule has 1 fully saturated rings. The van der Waals surface area contributed by atoms with Crippen molar-refractivity contribution in [1.82, 2.24) is 0 Å². The lowest BCUT2D eigenvalue weighted by Crippen LogP contribution is -2.33. The van der Waals surface area contributed by atoms with Crippen molar-refractivity contribution in [3.63, 3.8) is 0 Å². The van der Waals surface area contributed by atoms with Gasteiger partial charge in [0, 0.05) is 21.3 Å². The molecule has 2 rings (SSSR count). The van der Waals surface area contributed by atoms with E-state index in [0.717, 1.165) is 21.3 Å². The first-order chi connectivity index (χ1) is 6.71. The van der Waals surface area contributed by atoms with Crippen LogP contribution in [0.3, 0.4) is 0 Å². The lowest BCUT2D eigenvalue weighted by Gasteiger charge is -2.34. The normalized spacial score (nSPS) is 27.8. The minimum absolute atomic E-state index is 0.0823. The van der Waals surface area contributed by atoms with Gasteiger partial charge in [0.05, 0.1) is 5.22 Å². The molecule has 1 heterocycles. The zero-order valence-corrected chi connectivity index (χ0v) is 12.0. The van der Waals surface area contributed by atoms with E-state index < -0.39 is 0 Å². The molecule has 0 amide bonds. The third-order valence-corrected chi connectivity index (χ3v) is 4.82. The number of rotatable bonds is 1. The molecular formula is C11H15BrOSi. The highest BCUT2D eigenvalue weighted by Gasteiger charge is 2.29. The molecule has 0 aliphatic carbocycles. The second-order valence-electron chi connectivity index (χ2n) is 4.04. The van der Waals surface area contributed by atoms with Crippen LogP contribution < -0.4 is 0 Å². The second kappa shape index (κ2) is 4.17. The summed E-state index contributed by atoms with van der Waals surface area (Å²) in [5.41, 5.74) is 1.35. The average Bonchev–Trinajstić information content (AvgIpc) is 2.19. The van der Waals surface area contributed by atoms with Gasteiger partial charge >= 0.3 is 0 Å². The molecule has 1 aromatic rings. The third-order valence-electron chi connectivity index (χ3n) is 2.92. The second-order valence-corrected chi connectivity index (χ2v) is 6.57. The molecule has 1 aliphatic rings. The Bertz CT molecular complexity index is 304. The summed E-state index contributed by atoms with van der Waals surface area (Å²) in [5.74, 6) is 0. The summed E-state index contributed by atoms with van der Waals surface area (Å²) in [4.78, 5) is 0. The maximum Gasteiger partial charge on any atom is 0.0723 e. The fourth-order valence-electron chi connectivity index (χ4n) is 1.96. The smallest absolute Gasteiger partial charge is 0.0723 e. The van der Waals surface area contributed by atoms with Gasteiger partial charge in [0.2, 0.25) is 0 Å². The zero-order chi connectivity index (χ0) is 10.0. The van der Waals surface area contributed by atoms with Crippen LogP contribution in [0.15, 0.2) is 28.7 Å². The van der Waals surface area contributed by atoms with E-state index in [1.54, 1.807) is 0 Å². The van der Waals surface area contributed by atoms with Crippen molar-refractivity contribution in [3.05, 3.63) is 34.3 Å².